The second-order valence-corrected chi connectivity index (χ2v) is 7.41. The Hall–Kier alpha value is -0.0900. The highest BCUT2D eigenvalue weighted by Gasteiger charge is 2.13. The van der Waals surface area contributed by atoms with Gasteiger partial charge in [0.25, 0.3) is 0 Å². The summed E-state index contributed by atoms with van der Waals surface area (Å²) in [6.45, 7) is 8.45. The summed E-state index contributed by atoms with van der Waals surface area (Å²) in [4.78, 5) is 0. The van der Waals surface area contributed by atoms with E-state index in [0.29, 0.717) is 6.54 Å². The lowest BCUT2D eigenvalue weighted by Crippen LogP contribution is -2.31. The van der Waals surface area contributed by atoms with Crippen LogP contribution in [0.5, 0.6) is 0 Å². The van der Waals surface area contributed by atoms with Crippen molar-refractivity contribution >= 4 is 10.0 Å². The highest BCUT2D eigenvalue weighted by molar-refractivity contribution is 7.90. The molecule has 4 heteroatoms. The molecule has 0 aromatic heterocycles. The van der Waals surface area contributed by atoms with Crippen molar-refractivity contribution in [2.24, 2.45) is 5.92 Å². The van der Waals surface area contributed by atoms with Crippen LogP contribution in [0.25, 0.3) is 0 Å². The van der Waals surface area contributed by atoms with E-state index in [2.05, 4.69) is 18.6 Å². The lowest BCUT2D eigenvalue weighted by molar-refractivity contribution is 0.517. The first-order valence-corrected chi connectivity index (χ1v) is 7.89. The van der Waals surface area contributed by atoms with Crippen molar-refractivity contribution in [3.8, 4) is 0 Å². The van der Waals surface area contributed by atoms with Crippen molar-refractivity contribution in [3.05, 3.63) is 0 Å². The number of hydrogen-bond acceptors (Lipinski definition) is 2. The first kappa shape index (κ1) is 15.9. The maximum absolute atomic E-state index is 11.4. The third-order valence-electron chi connectivity index (χ3n) is 2.63. The first-order valence-electron chi connectivity index (χ1n) is 6.34. The van der Waals surface area contributed by atoms with Crippen LogP contribution in [0.15, 0.2) is 0 Å². The van der Waals surface area contributed by atoms with Gasteiger partial charge < -0.3 is 0 Å². The van der Waals surface area contributed by atoms with Gasteiger partial charge in [0.2, 0.25) is 10.0 Å². The molecule has 0 fully saturated rings. The molecule has 0 heterocycles. The normalized spacial score (nSPS) is 12.6. The SMILES string of the molecule is CC(C)CCCCCCNS(=O)(=O)C(C)C. The van der Waals surface area contributed by atoms with E-state index in [1.165, 1.54) is 19.3 Å². The van der Waals surface area contributed by atoms with Crippen molar-refractivity contribution in [1.82, 2.24) is 4.72 Å². The van der Waals surface area contributed by atoms with Crippen LogP contribution in [0.1, 0.15) is 59.8 Å². The zero-order chi connectivity index (χ0) is 12.6. The Bertz CT molecular complexity index is 258. The maximum atomic E-state index is 11.4. The third-order valence-corrected chi connectivity index (χ3v) is 4.48. The average Bonchev–Trinajstić information content (AvgIpc) is 2.15. The van der Waals surface area contributed by atoms with Gasteiger partial charge in [0, 0.05) is 6.54 Å². The van der Waals surface area contributed by atoms with E-state index in [1.807, 2.05) is 0 Å². The Balaban J connectivity index is 3.41. The molecule has 0 aromatic rings. The van der Waals surface area contributed by atoms with Gasteiger partial charge in [0.15, 0.2) is 0 Å². The Morgan fingerprint density at radius 2 is 1.50 bits per heavy atom. The van der Waals surface area contributed by atoms with E-state index in [9.17, 15) is 8.42 Å². The minimum atomic E-state index is -3.05. The topological polar surface area (TPSA) is 46.2 Å². The van der Waals surface area contributed by atoms with Crippen molar-refractivity contribution < 1.29 is 8.42 Å². The second kappa shape index (κ2) is 8.07. The van der Waals surface area contributed by atoms with Crippen molar-refractivity contribution in [2.45, 2.75) is 65.0 Å². The molecule has 0 bridgehead atoms. The fourth-order valence-electron chi connectivity index (χ4n) is 1.41. The molecule has 98 valence electrons. The lowest BCUT2D eigenvalue weighted by Gasteiger charge is -2.09. The van der Waals surface area contributed by atoms with Gasteiger partial charge in [0.05, 0.1) is 5.25 Å². The molecular formula is C12H27NO2S. The fourth-order valence-corrected chi connectivity index (χ4v) is 2.17. The number of hydrogen-bond donors (Lipinski definition) is 1. The predicted octanol–water partition coefficient (Wildman–Crippen LogP) is 2.92. The minimum absolute atomic E-state index is 0.326. The number of unbranched alkanes of at least 4 members (excludes halogenated alkanes) is 3. The van der Waals surface area contributed by atoms with Crippen LogP contribution < -0.4 is 4.72 Å². The number of nitrogens with one attached hydrogen (secondary N) is 1. The smallest absolute Gasteiger partial charge is 0.213 e. The van der Waals surface area contributed by atoms with E-state index in [0.717, 1.165) is 18.8 Å². The van der Waals surface area contributed by atoms with Gasteiger partial charge in [-0.1, -0.05) is 39.5 Å². The Labute approximate surface area is 101 Å². The Morgan fingerprint density at radius 1 is 0.938 bits per heavy atom. The summed E-state index contributed by atoms with van der Waals surface area (Å²) in [6.07, 6.45) is 5.81. The summed E-state index contributed by atoms with van der Waals surface area (Å²) in [6, 6.07) is 0. The molecular weight excluding hydrogens is 222 g/mol. The van der Waals surface area contributed by atoms with Crippen LogP contribution >= 0.6 is 0 Å². The number of rotatable bonds is 9. The van der Waals surface area contributed by atoms with E-state index in [-0.39, 0.29) is 5.25 Å². The molecule has 0 radical (unpaired) electrons. The van der Waals surface area contributed by atoms with Crippen LogP contribution in [-0.4, -0.2) is 20.2 Å². The van der Waals surface area contributed by atoms with Gasteiger partial charge >= 0.3 is 0 Å². The van der Waals surface area contributed by atoms with Gasteiger partial charge in [0.1, 0.15) is 0 Å². The summed E-state index contributed by atoms with van der Waals surface area (Å²) in [5.41, 5.74) is 0. The number of sulfonamides is 1. The molecule has 0 spiro atoms. The monoisotopic (exact) mass is 249 g/mol. The van der Waals surface area contributed by atoms with Gasteiger partial charge in [-0.25, -0.2) is 13.1 Å². The first-order chi connectivity index (χ1) is 7.36. The largest absolute Gasteiger partial charge is 0.215 e. The Morgan fingerprint density at radius 3 is 2.00 bits per heavy atom. The maximum Gasteiger partial charge on any atom is 0.213 e. The lowest BCUT2D eigenvalue weighted by atomic mass is 10.0. The van der Waals surface area contributed by atoms with Gasteiger partial charge in [-0.05, 0) is 26.2 Å². The van der Waals surface area contributed by atoms with Crippen LogP contribution in [0, 0.1) is 5.92 Å². The van der Waals surface area contributed by atoms with Crippen LogP contribution in [0.4, 0.5) is 0 Å². The molecule has 0 saturated heterocycles. The van der Waals surface area contributed by atoms with Crippen molar-refractivity contribution in [2.75, 3.05) is 6.54 Å². The van der Waals surface area contributed by atoms with E-state index in [4.69, 9.17) is 0 Å². The second-order valence-electron chi connectivity index (χ2n) is 5.08. The molecule has 3 nitrogen and oxygen atoms in total. The van der Waals surface area contributed by atoms with Crippen molar-refractivity contribution in [3.63, 3.8) is 0 Å². The molecule has 0 unspecified atom stereocenters. The molecule has 0 aromatic carbocycles. The molecule has 0 aliphatic rings. The van der Waals surface area contributed by atoms with Gasteiger partial charge in [-0.2, -0.15) is 0 Å². The van der Waals surface area contributed by atoms with Crippen LogP contribution in [-0.2, 0) is 10.0 Å². The molecule has 0 aliphatic carbocycles. The van der Waals surface area contributed by atoms with Crippen LogP contribution in [0.2, 0.25) is 0 Å². The summed E-state index contributed by atoms with van der Waals surface area (Å²) < 4.78 is 25.4. The molecule has 0 saturated carbocycles. The zero-order valence-electron chi connectivity index (χ0n) is 11.1. The molecule has 1 N–H and O–H groups in total. The van der Waals surface area contributed by atoms with E-state index < -0.39 is 10.0 Å². The van der Waals surface area contributed by atoms with E-state index in [1.54, 1.807) is 13.8 Å². The predicted molar refractivity (Wildman–Crippen MR) is 70.0 cm³/mol. The average molecular weight is 249 g/mol. The quantitative estimate of drug-likeness (QED) is 0.639. The van der Waals surface area contributed by atoms with Gasteiger partial charge in [-0.3, -0.25) is 0 Å². The highest BCUT2D eigenvalue weighted by Crippen LogP contribution is 2.09. The third kappa shape index (κ3) is 8.11. The molecule has 0 rings (SSSR count). The molecule has 16 heavy (non-hydrogen) atoms. The summed E-state index contributed by atoms with van der Waals surface area (Å²) in [5.74, 6) is 0.777. The minimum Gasteiger partial charge on any atom is -0.215 e. The van der Waals surface area contributed by atoms with Gasteiger partial charge in [-0.15, -0.1) is 0 Å². The van der Waals surface area contributed by atoms with E-state index >= 15 is 0 Å². The highest BCUT2D eigenvalue weighted by atomic mass is 32.2. The molecule has 0 aliphatic heterocycles. The molecule has 0 amide bonds. The standard InChI is InChI=1S/C12H27NO2S/c1-11(2)9-7-5-6-8-10-13-16(14,15)12(3)4/h11-13H,5-10H2,1-4H3. The summed E-state index contributed by atoms with van der Waals surface area (Å²) in [7, 11) is -3.05. The summed E-state index contributed by atoms with van der Waals surface area (Å²) in [5, 5.41) is -0.326. The fraction of sp³-hybridized carbons (Fsp3) is 1.00. The zero-order valence-corrected chi connectivity index (χ0v) is 11.9. The summed E-state index contributed by atoms with van der Waals surface area (Å²) >= 11 is 0. The molecule has 0 atom stereocenters. The van der Waals surface area contributed by atoms with Crippen molar-refractivity contribution in [1.29, 1.82) is 0 Å². The Kier molecular flexibility index (Phi) is 8.02. The van der Waals surface area contributed by atoms with Crippen LogP contribution in [0.3, 0.4) is 0 Å².